The number of rotatable bonds is 1. The van der Waals surface area contributed by atoms with Gasteiger partial charge in [0.05, 0.1) is 5.52 Å². The van der Waals surface area contributed by atoms with Crippen molar-refractivity contribution in [2.45, 2.75) is 6.67 Å². The van der Waals surface area contributed by atoms with E-state index in [2.05, 4.69) is 9.97 Å². The van der Waals surface area contributed by atoms with Crippen molar-refractivity contribution in [3.63, 3.8) is 0 Å². The number of aromatic nitrogens is 2. The number of halogens is 3. The molecule has 2 aromatic rings. The Morgan fingerprint density at radius 3 is 2.77 bits per heavy atom. The predicted octanol–water partition coefficient (Wildman–Crippen LogP) is 2.31. The first-order valence-electron chi connectivity index (χ1n) is 3.60. The number of imidazole rings is 1. The minimum Gasteiger partial charge on any atom is -0.340 e. The number of benzene rings is 1. The van der Waals surface area contributed by atoms with Crippen molar-refractivity contribution < 1.29 is 13.2 Å². The molecule has 0 saturated heterocycles. The normalized spacial score (nSPS) is 11.0. The number of fused-ring (bicyclic) bond motifs is 1. The summed E-state index contributed by atoms with van der Waals surface area (Å²) in [6.07, 6.45) is 0. The Bertz CT molecular complexity index is 450. The molecule has 1 aromatic carbocycles. The van der Waals surface area contributed by atoms with Crippen molar-refractivity contribution in [3.8, 4) is 0 Å². The SMILES string of the molecule is FCc1nc2c(F)cc(F)cc2[nH]1. The van der Waals surface area contributed by atoms with Crippen LogP contribution in [0, 0.1) is 11.6 Å². The number of alkyl halides is 1. The number of nitrogens with zero attached hydrogens (tertiary/aromatic N) is 1. The number of nitrogens with one attached hydrogen (secondary N) is 1. The molecule has 0 amide bonds. The van der Waals surface area contributed by atoms with Gasteiger partial charge in [0.25, 0.3) is 0 Å². The molecule has 0 fully saturated rings. The summed E-state index contributed by atoms with van der Waals surface area (Å²) in [5.41, 5.74) is 0.138. The van der Waals surface area contributed by atoms with Crippen molar-refractivity contribution in [1.82, 2.24) is 9.97 Å². The standard InChI is InChI=1S/C8H5F3N2/c9-3-7-12-6-2-4(10)1-5(11)8(6)13-7/h1-2H,3H2,(H,12,13). The van der Waals surface area contributed by atoms with E-state index in [-0.39, 0.29) is 16.9 Å². The molecule has 0 atom stereocenters. The molecule has 5 heteroatoms. The van der Waals surface area contributed by atoms with Crippen molar-refractivity contribution >= 4 is 11.0 Å². The average molecular weight is 186 g/mol. The second-order valence-electron chi connectivity index (χ2n) is 2.60. The molecule has 1 aromatic heterocycles. The summed E-state index contributed by atoms with van der Waals surface area (Å²) in [7, 11) is 0. The summed E-state index contributed by atoms with van der Waals surface area (Å²) in [4.78, 5) is 6.06. The summed E-state index contributed by atoms with van der Waals surface area (Å²) in [6, 6.07) is 1.79. The molecular formula is C8H5F3N2. The molecule has 2 nitrogen and oxygen atoms in total. The highest BCUT2D eigenvalue weighted by molar-refractivity contribution is 5.75. The van der Waals surface area contributed by atoms with Crippen LogP contribution in [-0.4, -0.2) is 9.97 Å². The average Bonchev–Trinajstić information content (AvgIpc) is 2.47. The smallest absolute Gasteiger partial charge is 0.153 e. The number of hydrogen-bond acceptors (Lipinski definition) is 1. The Morgan fingerprint density at radius 1 is 1.31 bits per heavy atom. The second kappa shape index (κ2) is 2.76. The van der Waals surface area contributed by atoms with E-state index < -0.39 is 18.3 Å². The van der Waals surface area contributed by atoms with E-state index in [1.165, 1.54) is 0 Å². The largest absolute Gasteiger partial charge is 0.340 e. The molecule has 1 N–H and O–H groups in total. The van der Waals surface area contributed by atoms with Crippen LogP contribution in [0.1, 0.15) is 5.82 Å². The van der Waals surface area contributed by atoms with Gasteiger partial charge in [-0.1, -0.05) is 0 Å². The topological polar surface area (TPSA) is 28.7 Å². The monoisotopic (exact) mass is 186 g/mol. The molecule has 0 aliphatic heterocycles. The van der Waals surface area contributed by atoms with Crippen LogP contribution >= 0.6 is 0 Å². The van der Waals surface area contributed by atoms with E-state index in [1.54, 1.807) is 0 Å². The Kier molecular flexibility index (Phi) is 1.72. The van der Waals surface area contributed by atoms with Crippen molar-refractivity contribution in [2.75, 3.05) is 0 Å². The van der Waals surface area contributed by atoms with Gasteiger partial charge in [-0.15, -0.1) is 0 Å². The Balaban J connectivity index is 2.75. The third kappa shape index (κ3) is 1.26. The molecule has 0 bridgehead atoms. The molecule has 0 saturated carbocycles. The van der Waals surface area contributed by atoms with E-state index in [1.807, 2.05) is 0 Å². The fraction of sp³-hybridized carbons (Fsp3) is 0.125. The van der Waals surface area contributed by atoms with Gasteiger partial charge in [-0.3, -0.25) is 0 Å². The van der Waals surface area contributed by atoms with Gasteiger partial charge in [-0.2, -0.15) is 0 Å². The Hall–Kier alpha value is -1.52. The minimum absolute atomic E-state index is 0.000463. The van der Waals surface area contributed by atoms with Crippen LogP contribution in [0.2, 0.25) is 0 Å². The van der Waals surface area contributed by atoms with Gasteiger partial charge in [0.15, 0.2) is 5.82 Å². The number of H-pyrrole nitrogens is 1. The number of aromatic amines is 1. The van der Waals surface area contributed by atoms with Crippen LogP contribution in [-0.2, 0) is 6.67 Å². The van der Waals surface area contributed by atoms with Gasteiger partial charge >= 0.3 is 0 Å². The molecule has 68 valence electrons. The van der Waals surface area contributed by atoms with Gasteiger partial charge in [-0.25, -0.2) is 18.2 Å². The lowest BCUT2D eigenvalue weighted by atomic mass is 10.3. The molecule has 0 aliphatic carbocycles. The summed E-state index contributed by atoms with van der Waals surface area (Å²) in [6.45, 7) is -0.824. The molecule has 0 unspecified atom stereocenters. The Labute approximate surface area is 71.4 Å². The van der Waals surface area contributed by atoms with E-state index in [4.69, 9.17) is 0 Å². The molecule has 13 heavy (non-hydrogen) atoms. The van der Waals surface area contributed by atoms with Crippen molar-refractivity contribution in [2.24, 2.45) is 0 Å². The minimum atomic E-state index is -0.824. The van der Waals surface area contributed by atoms with Gasteiger partial charge in [-0.05, 0) is 6.07 Å². The summed E-state index contributed by atoms with van der Waals surface area (Å²) < 4.78 is 37.7. The van der Waals surface area contributed by atoms with Crippen LogP contribution in [0.25, 0.3) is 11.0 Å². The zero-order chi connectivity index (χ0) is 9.42. The lowest BCUT2D eigenvalue weighted by Gasteiger charge is -1.90. The van der Waals surface area contributed by atoms with Crippen molar-refractivity contribution in [1.29, 1.82) is 0 Å². The first-order valence-corrected chi connectivity index (χ1v) is 3.60. The fourth-order valence-electron chi connectivity index (χ4n) is 1.16. The van der Waals surface area contributed by atoms with E-state index in [0.29, 0.717) is 6.07 Å². The van der Waals surface area contributed by atoms with E-state index in [0.717, 1.165) is 6.07 Å². The highest BCUT2D eigenvalue weighted by atomic mass is 19.1. The van der Waals surface area contributed by atoms with Crippen LogP contribution in [0.15, 0.2) is 12.1 Å². The third-order valence-corrected chi connectivity index (χ3v) is 1.68. The zero-order valence-corrected chi connectivity index (χ0v) is 6.44. The number of hydrogen-bond donors (Lipinski definition) is 1. The van der Waals surface area contributed by atoms with Crippen molar-refractivity contribution in [3.05, 3.63) is 29.6 Å². The zero-order valence-electron chi connectivity index (χ0n) is 6.44. The van der Waals surface area contributed by atoms with Gasteiger partial charge in [0.2, 0.25) is 0 Å². The van der Waals surface area contributed by atoms with Crippen LogP contribution in [0.5, 0.6) is 0 Å². The molecule has 2 rings (SSSR count). The van der Waals surface area contributed by atoms with E-state index in [9.17, 15) is 13.2 Å². The van der Waals surface area contributed by atoms with Gasteiger partial charge < -0.3 is 4.98 Å². The predicted molar refractivity (Wildman–Crippen MR) is 40.8 cm³/mol. The summed E-state index contributed by atoms with van der Waals surface area (Å²) in [5.74, 6) is -1.50. The summed E-state index contributed by atoms with van der Waals surface area (Å²) >= 11 is 0. The molecule has 0 aliphatic rings. The van der Waals surface area contributed by atoms with E-state index >= 15 is 0 Å². The maximum Gasteiger partial charge on any atom is 0.153 e. The third-order valence-electron chi connectivity index (χ3n) is 1.68. The fourth-order valence-corrected chi connectivity index (χ4v) is 1.16. The summed E-state index contributed by atoms with van der Waals surface area (Å²) in [5, 5.41) is 0. The van der Waals surface area contributed by atoms with Crippen LogP contribution < -0.4 is 0 Å². The lowest BCUT2D eigenvalue weighted by Crippen LogP contribution is -1.81. The van der Waals surface area contributed by atoms with Gasteiger partial charge in [0.1, 0.15) is 23.8 Å². The quantitative estimate of drug-likeness (QED) is 0.727. The van der Waals surface area contributed by atoms with Crippen LogP contribution in [0.3, 0.4) is 0 Å². The maximum atomic E-state index is 13.0. The highest BCUT2D eigenvalue weighted by Crippen LogP contribution is 2.17. The molecule has 0 spiro atoms. The van der Waals surface area contributed by atoms with Crippen LogP contribution in [0.4, 0.5) is 13.2 Å². The molecular weight excluding hydrogens is 181 g/mol. The first kappa shape index (κ1) is 8.10. The maximum absolute atomic E-state index is 13.0. The second-order valence-corrected chi connectivity index (χ2v) is 2.60. The molecule has 1 heterocycles. The molecule has 0 radical (unpaired) electrons. The first-order chi connectivity index (χ1) is 6.20. The lowest BCUT2D eigenvalue weighted by molar-refractivity contribution is 0.469. The highest BCUT2D eigenvalue weighted by Gasteiger charge is 2.08. The van der Waals surface area contributed by atoms with Gasteiger partial charge in [0, 0.05) is 6.07 Å². The Morgan fingerprint density at radius 2 is 2.08 bits per heavy atom.